The average molecular weight is 454 g/mol. The van der Waals surface area contributed by atoms with E-state index >= 15 is 0 Å². The number of urea groups is 1. The number of amides is 3. The summed E-state index contributed by atoms with van der Waals surface area (Å²) < 4.78 is 4.97. The number of piperazine rings is 1. The van der Waals surface area contributed by atoms with Crippen LogP contribution >= 0.6 is 0 Å². The molecule has 0 atom stereocenters. The number of carbonyl (C=O) groups excluding carboxylic acids is 3. The zero-order chi connectivity index (χ0) is 23.6. The molecular formula is C24H31N5O4. The molecular weight excluding hydrogens is 422 g/mol. The van der Waals surface area contributed by atoms with Crippen LogP contribution in [0.25, 0.3) is 0 Å². The molecule has 1 aliphatic rings. The lowest BCUT2D eigenvalue weighted by Gasteiger charge is -2.35. The third kappa shape index (κ3) is 6.93. The van der Waals surface area contributed by atoms with Crippen molar-refractivity contribution in [2.45, 2.75) is 19.9 Å². The van der Waals surface area contributed by atoms with Crippen molar-refractivity contribution in [3.8, 4) is 0 Å². The molecule has 1 N–H and O–H groups in total. The lowest BCUT2D eigenvalue weighted by atomic mass is 10.2. The minimum absolute atomic E-state index is 0.0197. The van der Waals surface area contributed by atoms with Crippen molar-refractivity contribution >= 4 is 23.7 Å². The fourth-order valence-corrected chi connectivity index (χ4v) is 3.59. The number of rotatable bonds is 8. The largest absolute Gasteiger partial charge is 0.462 e. The Kier molecular flexibility index (Phi) is 8.63. The molecule has 176 valence electrons. The Bertz CT molecular complexity index is 928. The molecule has 1 fully saturated rings. The molecule has 0 bridgehead atoms. The molecule has 1 aromatic heterocycles. The Morgan fingerprint density at radius 2 is 1.79 bits per heavy atom. The van der Waals surface area contributed by atoms with Gasteiger partial charge in [-0.05, 0) is 24.6 Å². The van der Waals surface area contributed by atoms with Gasteiger partial charge in [0.05, 0.1) is 12.2 Å². The topological polar surface area (TPSA) is 95.1 Å². The smallest absolute Gasteiger partial charge is 0.339 e. The minimum atomic E-state index is -0.384. The molecule has 9 heteroatoms. The number of nitrogens with one attached hydrogen (secondary N) is 1. The molecule has 3 rings (SSSR count). The van der Waals surface area contributed by atoms with Gasteiger partial charge < -0.3 is 24.8 Å². The summed E-state index contributed by atoms with van der Waals surface area (Å²) in [6.07, 6.45) is 1.78. The number of esters is 1. The zero-order valence-electron chi connectivity index (χ0n) is 19.2. The van der Waals surface area contributed by atoms with Gasteiger partial charge in [-0.2, -0.15) is 0 Å². The van der Waals surface area contributed by atoms with Crippen molar-refractivity contribution in [3.05, 3.63) is 59.8 Å². The number of ether oxygens (including phenoxy) is 1. The van der Waals surface area contributed by atoms with Crippen LogP contribution in [0.15, 0.2) is 48.7 Å². The normalized spacial score (nSPS) is 13.4. The van der Waals surface area contributed by atoms with Crippen LogP contribution in [0.3, 0.4) is 0 Å². The van der Waals surface area contributed by atoms with E-state index in [9.17, 15) is 14.4 Å². The van der Waals surface area contributed by atoms with Gasteiger partial charge in [-0.25, -0.2) is 14.6 Å². The summed E-state index contributed by atoms with van der Waals surface area (Å²) in [5.74, 6) is 0.403. The number of carbonyl (C=O) groups is 3. The van der Waals surface area contributed by atoms with E-state index < -0.39 is 0 Å². The van der Waals surface area contributed by atoms with Crippen LogP contribution in [0.2, 0.25) is 0 Å². The fourth-order valence-electron chi connectivity index (χ4n) is 3.59. The number of nitrogens with zero attached hydrogens (tertiary/aromatic N) is 4. The molecule has 0 radical (unpaired) electrons. The van der Waals surface area contributed by atoms with E-state index in [-0.39, 0.29) is 24.3 Å². The van der Waals surface area contributed by atoms with Crippen LogP contribution in [0, 0.1) is 0 Å². The van der Waals surface area contributed by atoms with Crippen LogP contribution in [0.4, 0.5) is 10.6 Å². The van der Waals surface area contributed by atoms with E-state index in [1.165, 1.54) is 6.20 Å². The number of benzene rings is 1. The van der Waals surface area contributed by atoms with E-state index in [0.29, 0.717) is 51.4 Å². The van der Waals surface area contributed by atoms with Crippen molar-refractivity contribution < 1.29 is 19.1 Å². The van der Waals surface area contributed by atoms with E-state index in [4.69, 9.17) is 4.74 Å². The predicted molar refractivity (Wildman–Crippen MR) is 125 cm³/mol. The highest BCUT2D eigenvalue weighted by Crippen LogP contribution is 2.15. The molecule has 1 saturated heterocycles. The van der Waals surface area contributed by atoms with Crippen molar-refractivity contribution in [1.82, 2.24) is 20.1 Å². The van der Waals surface area contributed by atoms with Gasteiger partial charge in [-0.3, -0.25) is 4.79 Å². The van der Waals surface area contributed by atoms with Gasteiger partial charge in [0.25, 0.3) is 0 Å². The summed E-state index contributed by atoms with van der Waals surface area (Å²) in [6, 6.07) is 13.1. The maximum absolute atomic E-state index is 12.5. The van der Waals surface area contributed by atoms with Gasteiger partial charge in [-0.1, -0.05) is 30.3 Å². The Balaban J connectivity index is 1.38. The van der Waals surface area contributed by atoms with Gasteiger partial charge >= 0.3 is 12.0 Å². The zero-order valence-corrected chi connectivity index (χ0v) is 19.2. The molecule has 1 aromatic carbocycles. The quantitative estimate of drug-likeness (QED) is 0.616. The molecule has 2 aromatic rings. The Hall–Kier alpha value is -3.62. The standard InChI is InChI=1S/C24H31N5O4/c1-3-33-23(31)20-9-10-21(26-17-20)28-13-15-29(16-14-28)22(30)11-12-25-24(32)27(2)18-19-7-5-4-6-8-19/h4-10,17H,3,11-16,18H2,1-2H3,(H,25,32). The second-order valence-electron chi connectivity index (χ2n) is 7.82. The van der Waals surface area contributed by atoms with Crippen LogP contribution in [0.1, 0.15) is 29.3 Å². The first-order chi connectivity index (χ1) is 16.0. The second-order valence-corrected chi connectivity index (χ2v) is 7.82. The summed E-state index contributed by atoms with van der Waals surface area (Å²) in [6.45, 7) is 5.38. The highest BCUT2D eigenvalue weighted by atomic mass is 16.5. The summed E-state index contributed by atoms with van der Waals surface area (Å²) in [4.78, 5) is 46.4. The summed E-state index contributed by atoms with van der Waals surface area (Å²) in [5.41, 5.74) is 1.47. The van der Waals surface area contributed by atoms with Crippen LogP contribution < -0.4 is 10.2 Å². The average Bonchev–Trinajstić information content (AvgIpc) is 2.85. The van der Waals surface area contributed by atoms with Crippen LogP contribution in [0.5, 0.6) is 0 Å². The molecule has 0 aliphatic carbocycles. The van der Waals surface area contributed by atoms with Gasteiger partial charge in [0.1, 0.15) is 5.82 Å². The maximum atomic E-state index is 12.5. The summed E-state index contributed by atoms with van der Waals surface area (Å²) >= 11 is 0. The van der Waals surface area contributed by atoms with Gasteiger partial charge in [0.2, 0.25) is 5.91 Å². The van der Waals surface area contributed by atoms with E-state index in [1.54, 1.807) is 31.0 Å². The van der Waals surface area contributed by atoms with E-state index in [1.807, 2.05) is 35.2 Å². The maximum Gasteiger partial charge on any atom is 0.339 e. The predicted octanol–water partition coefficient (Wildman–Crippen LogP) is 2.14. The molecule has 9 nitrogen and oxygen atoms in total. The Morgan fingerprint density at radius 1 is 1.06 bits per heavy atom. The monoisotopic (exact) mass is 453 g/mol. The number of hydrogen-bond acceptors (Lipinski definition) is 6. The Morgan fingerprint density at radius 3 is 2.42 bits per heavy atom. The van der Waals surface area contributed by atoms with Gasteiger partial charge in [-0.15, -0.1) is 0 Å². The molecule has 0 spiro atoms. The highest BCUT2D eigenvalue weighted by Gasteiger charge is 2.22. The first-order valence-electron chi connectivity index (χ1n) is 11.2. The molecule has 3 amide bonds. The molecule has 0 unspecified atom stereocenters. The lowest BCUT2D eigenvalue weighted by molar-refractivity contribution is -0.131. The molecule has 33 heavy (non-hydrogen) atoms. The van der Waals surface area contributed by atoms with Crippen molar-refractivity contribution in [1.29, 1.82) is 0 Å². The third-order valence-electron chi connectivity index (χ3n) is 5.44. The summed E-state index contributed by atoms with van der Waals surface area (Å²) in [7, 11) is 1.73. The molecule has 2 heterocycles. The molecule has 0 saturated carbocycles. The first kappa shape index (κ1) is 24.0. The number of anilines is 1. The number of hydrogen-bond donors (Lipinski definition) is 1. The van der Waals surface area contributed by atoms with Crippen molar-refractivity contribution in [2.75, 3.05) is 51.3 Å². The Labute approximate surface area is 194 Å². The number of aromatic nitrogens is 1. The van der Waals surface area contributed by atoms with E-state index in [2.05, 4.69) is 15.2 Å². The number of pyridine rings is 1. The van der Waals surface area contributed by atoms with Crippen LogP contribution in [-0.4, -0.2) is 79.1 Å². The minimum Gasteiger partial charge on any atom is -0.462 e. The van der Waals surface area contributed by atoms with Gasteiger partial charge in [0.15, 0.2) is 0 Å². The fraction of sp³-hybridized carbons (Fsp3) is 0.417. The van der Waals surface area contributed by atoms with Gasteiger partial charge in [0, 0.05) is 58.9 Å². The molecule has 1 aliphatic heterocycles. The van der Waals surface area contributed by atoms with E-state index in [0.717, 1.165) is 11.4 Å². The summed E-state index contributed by atoms with van der Waals surface area (Å²) in [5, 5.41) is 2.81. The first-order valence-corrected chi connectivity index (χ1v) is 11.2. The van der Waals surface area contributed by atoms with Crippen molar-refractivity contribution in [3.63, 3.8) is 0 Å². The lowest BCUT2D eigenvalue weighted by Crippen LogP contribution is -2.49. The van der Waals surface area contributed by atoms with Crippen molar-refractivity contribution in [2.24, 2.45) is 0 Å². The SMILES string of the molecule is CCOC(=O)c1ccc(N2CCN(C(=O)CCNC(=O)N(C)Cc3ccccc3)CC2)nc1. The highest BCUT2D eigenvalue weighted by molar-refractivity contribution is 5.89. The third-order valence-corrected chi connectivity index (χ3v) is 5.44. The van der Waals surface area contributed by atoms with Crippen LogP contribution in [-0.2, 0) is 16.1 Å². The second kappa shape index (κ2) is 11.8.